The third kappa shape index (κ3) is 2.10. The minimum Gasteiger partial charge on any atom is -0.508 e. The summed E-state index contributed by atoms with van der Waals surface area (Å²) in [6.45, 7) is 3.45. The van der Waals surface area contributed by atoms with Gasteiger partial charge in [-0.3, -0.25) is 0 Å². The number of aliphatic hydroxyl groups is 1. The Balaban J connectivity index is 2.75. The molecule has 2 nitrogen and oxygen atoms in total. The molecule has 64 valence electrons. The highest BCUT2D eigenvalue weighted by atomic mass is 16.3. The van der Waals surface area contributed by atoms with Crippen LogP contribution in [0, 0.1) is 0 Å². The Kier molecular flexibility index (Phi) is 2.88. The quantitative estimate of drug-likeness (QED) is 0.664. The van der Waals surface area contributed by atoms with Crippen molar-refractivity contribution in [2.45, 2.75) is 12.5 Å². The lowest BCUT2D eigenvalue weighted by Crippen LogP contribution is -2.05. The number of hydrogen-bond acceptors (Lipinski definition) is 2. The molecule has 2 N–H and O–H groups in total. The third-order valence-corrected chi connectivity index (χ3v) is 1.69. The smallest absolute Gasteiger partial charge is 0.118 e. The Bertz CT molecular complexity index is 268. The van der Waals surface area contributed by atoms with Crippen LogP contribution in [-0.4, -0.2) is 16.3 Å². The zero-order chi connectivity index (χ0) is 8.97. The summed E-state index contributed by atoms with van der Waals surface area (Å²) in [6.07, 6.45) is 1.28. The first-order valence-electron chi connectivity index (χ1n) is 3.81. The molecule has 0 saturated heterocycles. The molecule has 0 amide bonds. The maximum atomic E-state index is 9.31. The van der Waals surface area contributed by atoms with Crippen molar-refractivity contribution in [1.29, 1.82) is 0 Å². The van der Waals surface area contributed by atoms with Crippen molar-refractivity contribution in [3.63, 3.8) is 0 Å². The van der Waals surface area contributed by atoms with E-state index in [9.17, 15) is 10.2 Å². The number of phenolic OH excluding ortho intramolecular Hbond substituents is 1. The molecule has 0 radical (unpaired) electrons. The largest absolute Gasteiger partial charge is 0.508 e. The molecule has 1 aromatic rings. The van der Waals surface area contributed by atoms with Crippen LogP contribution in [0.25, 0.3) is 0 Å². The zero-order valence-corrected chi connectivity index (χ0v) is 6.77. The molecule has 0 heterocycles. The van der Waals surface area contributed by atoms with Crippen molar-refractivity contribution in [2.75, 3.05) is 0 Å². The van der Waals surface area contributed by atoms with E-state index in [0.717, 1.165) is 5.56 Å². The highest BCUT2D eigenvalue weighted by Crippen LogP contribution is 2.17. The molecular weight excluding hydrogens is 152 g/mol. The molecule has 0 aromatic heterocycles. The van der Waals surface area contributed by atoms with Gasteiger partial charge in [0.05, 0.1) is 6.10 Å². The van der Waals surface area contributed by atoms with Gasteiger partial charge in [0.2, 0.25) is 0 Å². The number of para-hydroxylation sites is 1. The fraction of sp³-hybridized carbons (Fsp3) is 0.200. The zero-order valence-electron chi connectivity index (χ0n) is 6.77. The summed E-state index contributed by atoms with van der Waals surface area (Å²) in [7, 11) is 0. The minimum atomic E-state index is -0.585. The van der Waals surface area contributed by atoms with Gasteiger partial charge in [-0.1, -0.05) is 24.3 Å². The second-order valence-electron chi connectivity index (χ2n) is 2.64. The van der Waals surface area contributed by atoms with Crippen LogP contribution in [0.2, 0.25) is 0 Å². The Labute approximate surface area is 71.8 Å². The van der Waals surface area contributed by atoms with Crippen LogP contribution in [0.1, 0.15) is 5.56 Å². The summed E-state index contributed by atoms with van der Waals surface area (Å²) >= 11 is 0. The number of hydrogen-bond donors (Lipinski definition) is 2. The van der Waals surface area contributed by atoms with Crippen molar-refractivity contribution >= 4 is 0 Å². The summed E-state index contributed by atoms with van der Waals surface area (Å²) in [4.78, 5) is 0. The van der Waals surface area contributed by atoms with Crippen molar-refractivity contribution < 1.29 is 10.2 Å². The van der Waals surface area contributed by atoms with Crippen molar-refractivity contribution in [1.82, 2.24) is 0 Å². The van der Waals surface area contributed by atoms with Crippen LogP contribution in [-0.2, 0) is 6.42 Å². The SMILES string of the molecule is C=CC(O)Cc1ccccc1O. The predicted octanol–water partition coefficient (Wildman–Crippen LogP) is 1.48. The van der Waals surface area contributed by atoms with Gasteiger partial charge in [-0.2, -0.15) is 0 Å². The number of benzene rings is 1. The average Bonchev–Trinajstić information content (AvgIpc) is 2.09. The molecule has 1 atom stereocenters. The van der Waals surface area contributed by atoms with Crippen molar-refractivity contribution in [3.05, 3.63) is 42.5 Å². The lowest BCUT2D eigenvalue weighted by atomic mass is 10.1. The van der Waals surface area contributed by atoms with Gasteiger partial charge < -0.3 is 10.2 Å². The molecule has 0 aliphatic carbocycles. The lowest BCUT2D eigenvalue weighted by molar-refractivity contribution is 0.223. The van der Waals surface area contributed by atoms with Gasteiger partial charge in [-0.15, -0.1) is 6.58 Å². The van der Waals surface area contributed by atoms with E-state index in [1.807, 2.05) is 6.07 Å². The maximum absolute atomic E-state index is 9.31. The first-order chi connectivity index (χ1) is 5.74. The van der Waals surface area contributed by atoms with Gasteiger partial charge in [0, 0.05) is 6.42 Å². The molecule has 1 aromatic carbocycles. The topological polar surface area (TPSA) is 40.5 Å². The summed E-state index contributed by atoms with van der Waals surface area (Å²) in [6, 6.07) is 6.96. The summed E-state index contributed by atoms with van der Waals surface area (Å²) in [5.74, 6) is 0.221. The highest BCUT2D eigenvalue weighted by Gasteiger charge is 2.03. The molecule has 1 rings (SSSR count). The van der Waals surface area contributed by atoms with Gasteiger partial charge in [0.25, 0.3) is 0 Å². The highest BCUT2D eigenvalue weighted by molar-refractivity contribution is 5.32. The van der Waals surface area contributed by atoms with E-state index in [1.54, 1.807) is 18.2 Å². The molecule has 0 fully saturated rings. The second kappa shape index (κ2) is 3.93. The normalized spacial score (nSPS) is 12.4. The number of rotatable bonds is 3. The first kappa shape index (κ1) is 8.81. The van der Waals surface area contributed by atoms with Crippen molar-refractivity contribution in [2.24, 2.45) is 0 Å². The lowest BCUT2D eigenvalue weighted by Gasteiger charge is -2.06. The van der Waals surface area contributed by atoms with E-state index >= 15 is 0 Å². The third-order valence-electron chi connectivity index (χ3n) is 1.69. The van der Waals surface area contributed by atoms with Gasteiger partial charge >= 0.3 is 0 Å². The molecule has 0 aliphatic heterocycles. The number of aliphatic hydroxyl groups excluding tert-OH is 1. The Morgan fingerprint density at radius 3 is 2.67 bits per heavy atom. The van der Waals surface area contributed by atoms with Crippen LogP contribution >= 0.6 is 0 Å². The van der Waals surface area contributed by atoms with E-state index in [1.165, 1.54) is 6.08 Å². The van der Waals surface area contributed by atoms with Crippen LogP contribution < -0.4 is 0 Å². The maximum Gasteiger partial charge on any atom is 0.118 e. The molecule has 0 aliphatic rings. The minimum absolute atomic E-state index is 0.221. The van der Waals surface area contributed by atoms with Gasteiger partial charge in [0.1, 0.15) is 5.75 Å². The summed E-state index contributed by atoms with van der Waals surface area (Å²) < 4.78 is 0. The molecular formula is C10H12O2. The van der Waals surface area contributed by atoms with Gasteiger partial charge in [-0.25, -0.2) is 0 Å². The summed E-state index contributed by atoms with van der Waals surface area (Å²) in [5.41, 5.74) is 0.741. The molecule has 0 saturated carbocycles. The van der Waals surface area contributed by atoms with E-state index in [0.29, 0.717) is 6.42 Å². The second-order valence-corrected chi connectivity index (χ2v) is 2.64. The molecule has 2 heteroatoms. The van der Waals surface area contributed by atoms with Crippen LogP contribution in [0.3, 0.4) is 0 Å². The standard InChI is InChI=1S/C10H12O2/c1-2-9(11)7-8-5-3-4-6-10(8)12/h2-6,9,11-12H,1,7H2. The van der Waals surface area contributed by atoms with E-state index < -0.39 is 6.10 Å². The molecule has 0 spiro atoms. The van der Waals surface area contributed by atoms with Crippen LogP contribution in [0.5, 0.6) is 5.75 Å². The first-order valence-corrected chi connectivity index (χ1v) is 3.81. The van der Waals surface area contributed by atoms with E-state index in [2.05, 4.69) is 6.58 Å². The Hall–Kier alpha value is -1.28. The predicted molar refractivity (Wildman–Crippen MR) is 48.0 cm³/mol. The van der Waals surface area contributed by atoms with E-state index in [-0.39, 0.29) is 5.75 Å². The Morgan fingerprint density at radius 2 is 2.08 bits per heavy atom. The van der Waals surface area contributed by atoms with Crippen LogP contribution in [0.4, 0.5) is 0 Å². The summed E-state index contributed by atoms with van der Waals surface area (Å²) in [5, 5.41) is 18.5. The average molecular weight is 164 g/mol. The number of aromatic hydroxyl groups is 1. The molecule has 1 unspecified atom stereocenters. The van der Waals surface area contributed by atoms with E-state index in [4.69, 9.17) is 0 Å². The molecule has 12 heavy (non-hydrogen) atoms. The Morgan fingerprint density at radius 1 is 1.42 bits per heavy atom. The fourth-order valence-corrected chi connectivity index (χ4v) is 0.992. The van der Waals surface area contributed by atoms with Crippen molar-refractivity contribution in [3.8, 4) is 5.75 Å². The number of phenols is 1. The van der Waals surface area contributed by atoms with Gasteiger partial charge in [-0.05, 0) is 11.6 Å². The fourth-order valence-electron chi connectivity index (χ4n) is 0.992. The van der Waals surface area contributed by atoms with Gasteiger partial charge in [0.15, 0.2) is 0 Å². The van der Waals surface area contributed by atoms with Crippen LogP contribution in [0.15, 0.2) is 36.9 Å². The monoisotopic (exact) mass is 164 g/mol. The molecule has 0 bridgehead atoms.